The van der Waals surface area contributed by atoms with E-state index < -0.39 is 17.9 Å². The molecule has 0 bridgehead atoms. The molecule has 0 saturated heterocycles. The minimum Gasteiger partial charge on any atom is -0.478 e. The van der Waals surface area contributed by atoms with Gasteiger partial charge in [0.2, 0.25) is 0 Å². The summed E-state index contributed by atoms with van der Waals surface area (Å²) in [6.45, 7) is 0. The van der Waals surface area contributed by atoms with E-state index in [1.165, 1.54) is 0 Å². The van der Waals surface area contributed by atoms with Gasteiger partial charge in [0.15, 0.2) is 5.69 Å². The second kappa shape index (κ2) is 8.99. The summed E-state index contributed by atoms with van der Waals surface area (Å²) in [6, 6.07) is 11.2. The molecule has 0 atom stereocenters. The first-order valence-electron chi connectivity index (χ1n) is 7.93. The maximum absolute atomic E-state index is 11.5. The highest BCUT2D eigenvalue weighted by atomic mass is 16.4. The lowest BCUT2D eigenvalue weighted by atomic mass is 10.2. The number of hydrogen-bond acceptors (Lipinski definition) is 5. The number of aromatic carboxylic acids is 1. The zero-order valence-corrected chi connectivity index (χ0v) is 14.7. The second-order valence-electron chi connectivity index (χ2n) is 5.48. The standard InChI is InChI=1S/C15H13N3O2.C4H4O4/c1-18-12-5-3-2-4-11(12)13(14(18)15(19)20)17-10-6-8-16-9-7-10;5-3(6)1-2-4(7)8/h2-9H,1H3,(H,16,17)(H,19,20);1-2H,(H,5,6)(H,7,8). The van der Waals surface area contributed by atoms with Crippen molar-refractivity contribution in [3.63, 3.8) is 0 Å². The molecule has 3 aromatic rings. The van der Waals surface area contributed by atoms with Gasteiger partial charge in [-0.25, -0.2) is 14.4 Å². The molecule has 0 saturated carbocycles. The molecular weight excluding hydrogens is 366 g/mol. The third kappa shape index (κ3) is 4.94. The number of pyridine rings is 1. The summed E-state index contributed by atoms with van der Waals surface area (Å²) in [4.78, 5) is 34.6. The fourth-order valence-corrected chi connectivity index (χ4v) is 2.49. The highest BCUT2D eigenvalue weighted by Gasteiger charge is 2.20. The molecule has 3 rings (SSSR count). The lowest BCUT2D eigenvalue weighted by molar-refractivity contribution is -0.134. The summed E-state index contributed by atoms with van der Waals surface area (Å²) < 4.78 is 1.68. The van der Waals surface area contributed by atoms with E-state index in [0.29, 0.717) is 17.8 Å². The van der Waals surface area contributed by atoms with E-state index in [9.17, 15) is 19.5 Å². The van der Waals surface area contributed by atoms with E-state index >= 15 is 0 Å². The van der Waals surface area contributed by atoms with E-state index in [0.717, 1.165) is 16.6 Å². The van der Waals surface area contributed by atoms with Crippen LogP contribution in [0.5, 0.6) is 0 Å². The van der Waals surface area contributed by atoms with Gasteiger partial charge in [0, 0.05) is 42.7 Å². The molecule has 28 heavy (non-hydrogen) atoms. The average Bonchev–Trinajstić information content (AvgIpc) is 2.94. The molecule has 2 heterocycles. The molecule has 2 aromatic heterocycles. The molecule has 9 heteroatoms. The number of aromatic nitrogens is 2. The molecule has 0 fully saturated rings. The Kier molecular flexibility index (Phi) is 6.48. The van der Waals surface area contributed by atoms with Gasteiger partial charge in [0.25, 0.3) is 0 Å². The number of nitrogens with zero attached hydrogens (tertiary/aromatic N) is 2. The fourth-order valence-electron chi connectivity index (χ4n) is 2.49. The number of anilines is 2. The number of nitrogens with one attached hydrogen (secondary N) is 1. The van der Waals surface area contributed by atoms with E-state index in [1.807, 2.05) is 24.3 Å². The van der Waals surface area contributed by atoms with Crippen molar-refractivity contribution in [1.82, 2.24) is 9.55 Å². The van der Waals surface area contributed by atoms with Gasteiger partial charge >= 0.3 is 17.9 Å². The molecule has 4 N–H and O–H groups in total. The Morgan fingerprint density at radius 1 is 0.964 bits per heavy atom. The highest BCUT2D eigenvalue weighted by Crippen LogP contribution is 2.32. The molecule has 0 unspecified atom stereocenters. The molecule has 0 spiro atoms. The van der Waals surface area contributed by atoms with Crippen LogP contribution in [0.1, 0.15) is 10.5 Å². The van der Waals surface area contributed by atoms with Crippen LogP contribution >= 0.6 is 0 Å². The smallest absolute Gasteiger partial charge is 0.354 e. The number of benzene rings is 1. The van der Waals surface area contributed by atoms with Gasteiger partial charge in [-0.2, -0.15) is 0 Å². The van der Waals surface area contributed by atoms with Crippen LogP contribution < -0.4 is 5.32 Å². The molecule has 0 aliphatic heterocycles. The SMILES string of the molecule is Cn1c(C(=O)O)c(Nc2ccncc2)c2ccccc21.O=C(O)C=CC(=O)O. The summed E-state index contributed by atoms with van der Waals surface area (Å²) in [5.41, 5.74) is 2.52. The predicted octanol–water partition coefficient (Wildman–Crippen LogP) is 2.73. The molecule has 9 nitrogen and oxygen atoms in total. The van der Waals surface area contributed by atoms with Crippen molar-refractivity contribution >= 4 is 40.2 Å². The first kappa shape index (κ1) is 20.2. The summed E-state index contributed by atoms with van der Waals surface area (Å²) in [5, 5.41) is 29.1. The number of carboxylic acid groups (broad SMARTS) is 3. The monoisotopic (exact) mass is 383 g/mol. The van der Waals surface area contributed by atoms with Gasteiger partial charge in [-0.1, -0.05) is 18.2 Å². The first-order chi connectivity index (χ1) is 13.3. The van der Waals surface area contributed by atoms with Crippen LogP contribution in [0.4, 0.5) is 11.4 Å². The Morgan fingerprint density at radius 3 is 2.07 bits per heavy atom. The molecule has 144 valence electrons. The number of aryl methyl sites for hydroxylation is 1. The number of rotatable bonds is 5. The quantitative estimate of drug-likeness (QED) is 0.493. The molecule has 0 amide bonds. The van der Waals surface area contributed by atoms with Gasteiger partial charge in [-0.3, -0.25) is 4.98 Å². The van der Waals surface area contributed by atoms with Crippen LogP contribution in [0.3, 0.4) is 0 Å². The molecule has 0 radical (unpaired) electrons. The number of aliphatic carboxylic acids is 2. The van der Waals surface area contributed by atoms with Gasteiger partial charge in [0.05, 0.1) is 11.2 Å². The van der Waals surface area contributed by atoms with Crippen molar-refractivity contribution in [2.75, 3.05) is 5.32 Å². The van der Waals surface area contributed by atoms with Crippen molar-refractivity contribution in [2.24, 2.45) is 7.05 Å². The third-order valence-corrected chi connectivity index (χ3v) is 3.63. The lowest BCUT2D eigenvalue weighted by Gasteiger charge is -2.06. The Bertz CT molecular complexity index is 1020. The van der Waals surface area contributed by atoms with Crippen molar-refractivity contribution in [3.8, 4) is 0 Å². The van der Waals surface area contributed by atoms with Crippen LogP contribution in [0.25, 0.3) is 10.9 Å². The largest absolute Gasteiger partial charge is 0.478 e. The normalized spacial score (nSPS) is 10.3. The van der Waals surface area contributed by atoms with Crippen LogP contribution in [0.2, 0.25) is 0 Å². The number of para-hydroxylation sites is 1. The summed E-state index contributed by atoms with van der Waals surface area (Å²) in [7, 11) is 1.75. The minimum atomic E-state index is -1.26. The van der Waals surface area contributed by atoms with Gasteiger partial charge in [0.1, 0.15) is 0 Å². The van der Waals surface area contributed by atoms with Crippen molar-refractivity contribution in [1.29, 1.82) is 0 Å². The Labute approximate surface area is 159 Å². The van der Waals surface area contributed by atoms with Gasteiger partial charge in [-0.05, 0) is 18.2 Å². The highest BCUT2D eigenvalue weighted by molar-refractivity contribution is 6.07. The van der Waals surface area contributed by atoms with E-state index in [-0.39, 0.29) is 5.69 Å². The van der Waals surface area contributed by atoms with E-state index in [4.69, 9.17) is 10.2 Å². The zero-order chi connectivity index (χ0) is 20.7. The maximum Gasteiger partial charge on any atom is 0.354 e. The molecule has 0 aliphatic rings. The molecule has 0 aliphatic carbocycles. The van der Waals surface area contributed by atoms with Crippen LogP contribution in [-0.4, -0.2) is 42.8 Å². The summed E-state index contributed by atoms with van der Waals surface area (Å²) in [5.74, 6) is -3.47. The maximum atomic E-state index is 11.5. The molecule has 1 aromatic carbocycles. The van der Waals surface area contributed by atoms with Crippen molar-refractivity contribution < 1.29 is 29.7 Å². The van der Waals surface area contributed by atoms with Crippen LogP contribution in [-0.2, 0) is 16.6 Å². The Hall–Kier alpha value is -4.14. The number of carbonyl (C=O) groups is 3. The van der Waals surface area contributed by atoms with Crippen molar-refractivity contribution in [2.45, 2.75) is 0 Å². The lowest BCUT2D eigenvalue weighted by Crippen LogP contribution is -2.07. The van der Waals surface area contributed by atoms with Gasteiger partial charge < -0.3 is 25.2 Å². The second-order valence-corrected chi connectivity index (χ2v) is 5.48. The Balaban J connectivity index is 0.000000300. The van der Waals surface area contributed by atoms with E-state index in [2.05, 4.69) is 10.3 Å². The predicted molar refractivity (Wildman–Crippen MR) is 102 cm³/mol. The zero-order valence-electron chi connectivity index (χ0n) is 14.7. The minimum absolute atomic E-state index is 0.239. The topological polar surface area (TPSA) is 142 Å². The van der Waals surface area contributed by atoms with Crippen LogP contribution in [0.15, 0.2) is 60.9 Å². The van der Waals surface area contributed by atoms with Crippen molar-refractivity contribution in [3.05, 3.63) is 66.6 Å². The average molecular weight is 383 g/mol. The van der Waals surface area contributed by atoms with Crippen LogP contribution in [0, 0.1) is 0 Å². The number of hydrogen-bond donors (Lipinski definition) is 4. The molecular formula is C19H17N3O6. The van der Waals surface area contributed by atoms with E-state index in [1.54, 1.807) is 36.1 Å². The van der Waals surface area contributed by atoms with Gasteiger partial charge in [-0.15, -0.1) is 0 Å². The fraction of sp³-hybridized carbons (Fsp3) is 0.0526. The first-order valence-corrected chi connectivity index (χ1v) is 7.93. The number of carboxylic acids is 3. The third-order valence-electron chi connectivity index (χ3n) is 3.63. The Morgan fingerprint density at radius 2 is 1.54 bits per heavy atom. The number of fused-ring (bicyclic) bond motifs is 1. The summed E-state index contributed by atoms with van der Waals surface area (Å²) in [6.07, 6.45) is 4.44. The summed E-state index contributed by atoms with van der Waals surface area (Å²) >= 11 is 0.